The highest BCUT2D eigenvalue weighted by Gasteiger charge is 2.24. The normalized spacial score (nSPS) is 24.2. The Kier molecular flexibility index (Phi) is 5.62. The van der Waals surface area contributed by atoms with Crippen LogP contribution in [0.2, 0.25) is 0 Å². The number of nitrogens with zero attached hydrogens (tertiary/aromatic N) is 1. The minimum absolute atomic E-state index is 0.621. The van der Waals surface area contributed by atoms with E-state index in [4.69, 9.17) is 0 Å². The van der Waals surface area contributed by atoms with E-state index in [2.05, 4.69) is 62.2 Å². The van der Waals surface area contributed by atoms with Crippen LogP contribution in [-0.2, 0) is 6.54 Å². The molecule has 2 rings (SSSR count). The van der Waals surface area contributed by atoms with Gasteiger partial charge in [-0.1, -0.05) is 51.5 Å². The number of piperazine rings is 1. The zero-order chi connectivity index (χ0) is 14.5. The molecule has 1 aromatic rings. The van der Waals surface area contributed by atoms with E-state index in [1.165, 1.54) is 30.5 Å². The fourth-order valence-electron chi connectivity index (χ4n) is 3.00. The molecule has 2 unspecified atom stereocenters. The largest absolute Gasteiger partial charge is 0.311 e. The van der Waals surface area contributed by atoms with Crippen molar-refractivity contribution in [1.29, 1.82) is 0 Å². The summed E-state index contributed by atoms with van der Waals surface area (Å²) in [6, 6.07) is 10.5. The lowest BCUT2D eigenvalue weighted by Gasteiger charge is -2.39. The zero-order valence-electron chi connectivity index (χ0n) is 13.5. The first-order valence-corrected chi connectivity index (χ1v) is 8.16. The molecule has 0 aliphatic carbocycles. The molecular weight excluding hydrogens is 244 g/mol. The van der Waals surface area contributed by atoms with Crippen molar-refractivity contribution in [2.24, 2.45) is 0 Å². The molecule has 2 heteroatoms. The monoisotopic (exact) mass is 274 g/mol. The molecule has 0 aromatic heterocycles. The first kappa shape index (κ1) is 15.5. The van der Waals surface area contributed by atoms with Crippen molar-refractivity contribution in [3.05, 3.63) is 35.4 Å². The molecule has 1 fully saturated rings. The van der Waals surface area contributed by atoms with Crippen LogP contribution in [0.1, 0.15) is 57.6 Å². The third-order valence-corrected chi connectivity index (χ3v) is 4.45. The topological polar surface area (TPSA) is 15.3 Å². The van der Waals surface area contributed by atoms with Crippen molar-refractivity contribution in [3.8, 4) is 0 Å². The van der Waals surface area contributed by atoms with E-state index in [0.29, 0.717) is 18.0 Å². The lowest BCUT2D eigenvalue weighted by Crippen LogP contribution is -2.54. The van der Waals surface area contributed by atoms with Crippen molar-refractivity contribution in [2.75, 3.05) is 13.1 Å². The molecule has 0 radical (unpaired) electrons. The van der Waals surface area contributed by atoms with E-state index >= 15 is 0 Å². The number of hydrogen-bond acceptors (Lipinski definition) is 2. The van der Waals surface area contributed by atoms with E-state index in [0.717, 1.165) is 13.1 Å². The molecule has 112 valence electrons. The van der Waals surface area contributed by atoms with Gasteiger partial charge in [0, 0.05) is 31.7 Å². The summed E-state index contributed by atoms with van der Waals surface area (Å²) in [6.07, 6.45) is 2.55. The van der Waals surface area contributed by atoms with Crippen LogP contribution in [0.3, 0.4) is 0 Å². The van der Waals surface area contributed by atoms with E-state index in [9.17, 15) is 0 Å². The molecular formula is C18H30N2. The summed E-state index contributed by atoms with van der Waals surface area (Å²) < 4.78 is 0. The van der Waals surface area contributed by atoms with Gasteiger partial charge in [-0.25, -0.2) is 0 Å². The van der Waals surface area contributed by atoms with E-state index in [1.807, 2.05) is 0 Å². The number of nitrogens with one attached hydrogen (secondary N) is 1. The van der Waals surface area contributed by atoms with Crippen molar-refractivity contribution in [3.63, 3.8) is 0 Å². The van der Waals surface area contributed by atoms with Gasteiger partial charge in [-0.3, -0.25) is 4.90 Å². The second kappa shape index (κ2) is 7.24. The van der Waals surface area contributed by atoms with Gasteiger partial charge in [-0.15, -0.1) is 0 Å². The van der Waals surface area contributed by atoms with Crippen LogP contribution in [0, 0.1) is 0 Å². The maximum absolute atomic E-state index is 3.67. The maximum Gasteiger partial charge on any atom is 0.0237 e. The molecule has 0 spiro atoms. The highest BCUT2D eigenvalue weighted by Crippen LogP contribution is 2.18. The van der Waals surface area contributed by atoms with Crippen LogP contribution in [0.25, 0.3) is 0 Å². The molecule has 1 aromatic carbocycles. The Hall–Kier alpha value is -0.860. The molecule has 2 atom stereocenters. The van der Waals surface area contributed by atoms with E-state index in [1.54, 1.807) is 0 Å². The second-order valence-electron chi connectivity index (χ2n) is 6.57. The van der Waals surface area contributed by atoms with Crippen LogP contribution in [-0.4, -0.2) is 30.1 Å². The van der Waals surface area contributed by atoms with Gasteiger partial charge in [0.05, 0.1) is 0 Å². The van der Waals surface area contributed by atoms with Gasteiger partial charge in [0.1, 0.15) is 0 Å². The molecule has 0 amide bonds. The average Bonchev–Trinajstić information content (AvgIpc) is 2.43. The summed E-state index contributed by atoms with van der Waals surface area (Å²) >= 11 is 0. The van der Waals surface area contributed by atoms with Gasteiger partial charge in [-0.05, 0) is 30.4 Å². The summed E-state index contributed by atoms with van der Waals surface area (Å²) in [5.41, 5.74) is 2.88. The van der Waals surface area contributed by atoms with Crippen LogP contribution >= 0.6 is 0 Å². The van der Waals surface area contributed by atoms with E-state index in [-0.39, 0.29) is 0 Å². The maximum atomic E-state index is 3.67. The first-order chi connectivity index (χ1) is 9.60. The molecule has 1 N–H and O–H groups in total. The Morgan fingerprint density at radius 2 is 1.95 bits per heavy atom. The molecule has 1 heterocycles. The van der Waals surface area contributed by atoms with Gasteiger partial charge in [0.15, 0.2) is 0 Å². The molecule has 1 aliphatic heterocycles. The molecule has 1 aliphatic rings. The second-order valence-corrected chi connectivity index (χ2v) is 6.57. The predicted octanol–water partition coefficient (Wildman–Crippen LogP) is 3.77. The van der Waals surface area contributed by atoms with Crippen molar-refractivity contribution in [1.82, 2.24) is 10.2 Å². The Morgan fingerprint density at radius 1 is 1.25 bits per heavy atom. The fourth-order valence-corrected chi connectivity index (χ4v) is 3.00. The minimum atomic E-state index is 0.621. The summed E-state index contributed by atoms with van der Waals surface area (Å²) in [7, 11) is 0. The zero-order valence-corrected chi connectivity index (χ0v) is 13.5. The molecule has 20 heavy (non-hydrogen) atoms. The smallest absolute Gasteiger partial charge is 0.0237 e. The third-order valence-electron chi connectivity index (χ3n) is 4.45. The number of hydrogen-bond donors (Lipinski definition) is 1. The summed E-state index contributed by atoms with van der Waals surface area (Å²) in [6.45, 7) is 12.5. The van der Waals surface area contributed by atoms with Crippen molar-refractivity contribution in [2.45, 2.75) is 65.1 Å². The van der Waals surface area contributed by atoms with E-state index < -0.39 is 0 Å². The standard InChI is InChI=1S/C18H30N2/c1-5-6-18-13-20(15(4)11-19-18)12-16-7-9-17(10-8-16)14(2)3/h7-10,14-15,18-19H,5-6,11-13H2,1-4H3. The van der Waals surface area contributed by atoms with Crippen LogP contribution < -0.4 is 5.32 Å². The quantitative estimate of drug-likeness (QED) is 0.879. The summed E-state index contributed by atoms with van der Waals surface area (Å²) in [5.74, 6) is 0.621. The van der Waals surface area contributed by atoms with Crippen LogP contribution in [0.4, 0.5) is 0 Å². The first-order valence-electron chi connectivity index (χ1n) is 8.16. The number of rotatable bonds is 5. The third kappa shape index (κ3) is 4.07. The molecule has 0 saturated carbocycles. The number of benzene rings is 1. The van der Waals surface area contributed by atoms with Crippen molar-refractivity contribution < 1.29 is 0 Å². The lowest BCUT2D eigenvalue weighted by molar-refractivity contribution is 0.129. The Balaban J connectivity index is 1.96. The molecule has 1 saturated heterocycles. The Morgan fingerprint density at radius 3 is 2.55 bits per heavy atom. The SMILES string of the molecule is CCCC1CN(Cc2ccc(C(C)C)cc2)C(C)CN1. The predicted molar refractivity (Wildman–Crippen MR) is 87.1 cm³/mol. The van der Waals surface area contributed by atoms with Gasteiger partial charge in [0.2, 0.25) is 0 Å². The van der Waals surface area contributed by atoms with Gasteiger partial charge >= 0.3 is 0 Å². The van der Waals surface area contributed by atoms with Crippen LogP contribution in [0.5, 0.6) is 0 Å². The minimum Gasteiger partial charge on any atom is -0.311 e. The highest BCUT2D eigenvalue weighted by molar-refractivity contribution is 5.24. The van der Waals surface area contributed by atoms with Gasteiger partial charge in [-0.2, -0.15) is 0 Å². The van der Waals surface area contributed by atoms with Crippen LogP contribution in [0.15, 0.2) is 24.3 Å². The summed E-state index contributed by atoms with van der Waals surface area (Å²) in [4.78, 5) is 2.63. The van der Waals surface area contributed by atoms with Crippen molar-refractivity contribution >= 4 is 0 Å². The highest BCUT2D eigenvalue weighted by atomic mass is 15.2. The van der Waals surface area contributed by atoms with Gasteiger partial charge in [0.25, 0.3) is 0 Å². The fraction of sp³-hybridized carbons (Fsp3) is 0.667. The molecule has 2 nitrogen and oxygen atoms in total. The Bertz CT molecular complexity index is 396. The lowest BCUT2D eigenvalue weighted by atomic mass is 10.0. The summed E-state index contributed by atoms with van der Waals surface area (Å²) in [5, 5.41) is 3.67. The Labute approximate surface area is 124 Å². The van der Waals surface area contributed by atoms with Gasteiger partial charge < -0.3 is 5.32 Å². The molecule has 0 bridgehead atoms. The average molecular weight is 274 g/mol.